The van der Waals surface area contributed by atoms with Crippen molar-refractivity contribution in [3.63, 3.8) is 0 Å². The molecule has 16 atom stereocenters. The van der Waals surface area contributed by atoms with Crippen molar-refractivity contribution in [2.45, 2.75) is 295 Å². The van der Waals surface area contributed by atoms with E-state index in [0.717, 1.165) is 94.7 Å². The van der Waals surface area contributed by atoms with E-state index in [-0.39, 0.29) is 0 Å². The third-order valence-electron chi connectivity index (χ3n) is 23.0. The first-order valence-corrected chi connectivity index (χ1v) is 30.7. The molecule has 16 unspecified atom stereocenters. The van der Waals surface area contributed by atoms with E-state index in [2.05, 4.69) is 166 Å². The zero-order chi connectivity index (χ0) is 51.4. The van der Waals surface area contributed by atoms with E-state index in [9.17, 15) is 0 Å². The van der Waals surface area contributed by atoms with E-state index < -0.39 is 0 Å². The lowest BCUT2D eigenvalue weighted by Gasteiger charge is -2.43. The van der Waals surface area contributed by atoms with Gasteiger partial charge in [-0.25, -0.2) is 0 Å². The highest BCUT2D eigenvalue weighted by atomic mass is 14.5. The van der Waals surface area contributed by atoms with Gasteiger partial charge in [0.2, 0.25) is 0 Å². The summed E-state index contributed by atoms with van der Waals surface area (Å²) < 4.78 is 0. The standard InChI is InChI=1S/4C17H32/c1-16(2,3)13-8-9-14-12(11-13)7-10-15(14)17(4,5)6;1-16(2,3)13-9-7-12-8-10-15(14(12)11-13)17(4,5)6;2*1-16(2,3)14-8-7-12-9-15(17(4,5)6)11-13(12)10-14/h4*12-15H,7-11H2,1-6H3. The summed E-state index contributed by atoms with van der Waals surface area (Å²) in [4.78, 5) is 0. The molecule has 0 spiro atoms. The van der Waals surface area contributed by atoms with Crippen LogP contribution in [0.5, 0.6) is 0 Å². The number of hydrogen-bond donors (Lipinski definition) is 0. The highest BCUT2D eigenvalue weighted by Gasteiger charge is 2.49. The van der Waals surface area contributed by atoms with Crippen LogP contribution in [0.25, 0.3) is 0 Å². The number of fused-ring (bicyclic) bond motifs is 4. The first-order chi connectivity index (χ1) is 30.7. The molecule has 0 nitrogen and oxygen atoms in total. The van der Waals surface area contributed by atoms with Crippen LogP contribution >= 0.6 is 0 Å². The Balaban J connectivity index is 0.000000169. The molecule has 8 fully saturated rings. The van der Waals surface area contributed by atoms with Gasteiger partial charge in [0.15, 0.2) is 0 Å². The van der Waals surface area contributed by atoms with Crippen LogP contribution in [0.1, 0.15) is 295 Å². The van der Waals surface area contributed by atoms with Crippen LogP contribution in [0, 0.1) is 138 Å². The van der Waals surface area contributed by atoms with Crippen molar-refractivity contribution in [2.24, 2.45) is 138 Å². The molecule has 8 saturated carbocycles. The van der Waals surface area contributed by atoms with E-state index in [1.54, 1.807) is 0 Å². The maximum atomic E-state index is 2.46. The van der Waals surface area contributed by atoms with Gasteiger partial charge in [-0.15, -0.1) is 0 Å². The van der Waals surface area contributed by atoms with Gasteiger partial charge in [0, 0.05) is 0 Å². The fourth-order valence-corrected chi connectivity index (χ4v) is 17.7. The van der Waals surface area contributed by atoms with Crippen LogP contribution < -0.4 is 0 Å². The van der Waals surface area contributed by atoms with Crippen molar-refractivity contribution in [1.82, 2.24) is 0 Å². The first-order valence-electron chi connectivity index (χ1n) is 30.7. The molecular weight excluding hydrogens is 817 g/mol. The van der Waals surface area contributed by atoms with Crippen molar-refractivity contribution in [2.75, 3.05) is 0 Å². The lowest BCUT2D eigenvalue weighted by Crippen LogP contribution is -2.35. The van der Waals surface area contributed by atoms with Crippen LogP contribution in [0.3, 0.4) is 0 Å². The second kappa shape index (κ2) is 21.7. The Kier molecular flexibility index (Phi) is 18.8. The van der Waals surface area contributed by atoms with E-state index >= 15 is 0 Å². The minimum absolute atomic E-state index is 0.524. The molecule has 0 radical (unpaired) electrons. The minimum Gasteiger partial charge on any atom is -0.0599 e. The molecule has 0 amide bonds. The summed E-state index contributed by atoms with van der Waals surface area (Å²) in [6.07, 6.45) is 30.1. The predicted molar refractivity (Wildman–Crippen MR) is 304 cm³/mol. The van der Waals surface area contributed by atoms with E-state index in [4.69, 9.17) is 0 Å². The van der Waals surface area contributed by atoms with E-state index in [0.29, 0.717) is 43.3 Å². The van der Waals surface area contributed by atoms with Gasteiger partial charge in [0.1, 0.15) is 0 Å². The molecule has 0 saturated heterocycles. The van der Waals surface area contributed by atoms with Crippen LogP contribution in [-0.4, -0.2) is 0 Å². The van der Waals surface area contributed by atoms with Gasteiger partial charge in [0.05, 0.1) is 0 Å². The highest BCUT2D eigenvalue weighted by Crippen LogP contribution is 2.59. The molecule has 8 aliphatic rings. The van der Waals surface area contributed by atoms with Crippen molar-refractivity contribution in [1.29, 1.82) is 0 Å². The second-order valence-electron chi connectivity index (χ2n) is 35.6. The molecule has 400 valence electrons. The minimum atomic E-state index is 0.524. The molecule has 0 heterocycles. The van der Waals surface area contributed by atoms with E-state index in [1.807, 2.05) is 0 Å². The fraction of sp³-hybridized carbons (Fsp3) is 1.00. The molecule has 0 N–H and O–H groups in total. The smallest absolute Gasteiger partial charge is 0.0334 e. The normalized spacial score (nSPS) is 39.2. The Bertz CT molecular complexity index is 1400. The van der Waals surface area contributed by atoms with Gasteiger partial charge in [-0.2, -0.15) is 0 Å². The van der Waals surface area contributed by atoms with Crippen molar-refractivity contribution < 1.29 is 0 Å². The molecule has 0 bridgehead atoms. The lowest BCUT2D eigenvalue weighted by molar-refractivity contribution is 0.0622. The van der Waals surface area contributed by atoms with Gasteiger partial charge in [0.25, 0.3) is 0 Å². The first kappa shape index (κ1) is 58.9. The summed E-state index contributed by atoms with van der Waals surface area (Å²) in [5, 5.41) is 0. The molecular formula is C68H128. The maximum Gasteiger partial charge on any atom is -0.0334 e. The van der Waals surface area contributed by atoms with Crippen LogP contribution in [0.2, 0.25) is 0 Å². The second-order valence-corrected chi connectivity index (χ2v) is 35.6. The Hall–Kier alpha value is 0. The van der Waals surface area contributed by atoms with Crippen LogP contribution in [0.15, 0.2) is 0 Å². The molecule has 0 aromatic carbocycles. The molecule has 0 aromatic heterocycles. The van der Waals surface area contributed by atoms with E-state index in [1.165, 1.54) is 128 Å². The van der Waals surface area contributed by atoms with Gasteiger partial charge < -0.3 is 0 Å². The van der Waals surface area contributed by atoms with Gasteiger partial charge in [-0.3, -0.25) is 0 Å². The summed E-state index contributed by atoms with van der Waals surface area (Å²) in [6, 6.07) is 0. The van der Waals surface area contributed by atoms with Crippen LogP contribution in [-0.2, 0) is 0 Å². The monoisotopic (exact) mass is 945 g/mol. The number of rotatable bonds is 0. The van der Waals surface area contributed by atoms with Gasteiger partial charge in [-0.1, -0.05) is 166 Å². The molecule has 68 heavy (non-hydrogen) atoms. The average molecular weight is 946 g/mol. The Morgan fingerprint density at radius 3 is 0.779 bits per heavy atom. The molecule has 0 aliphatic heterocycles. The highest BCUT2D eigenvalue weighted by molar-refractivity contribution is 4.99. The summed E-state index contributed by atoms with van der Waals surface area (Å²) in [7, 11) is 0. The number of hydrogen-bond acceptors (Lipinski definition) is 0. The fourth-order valence-electron chi connectivity index (χ4n) is 17.7. The van der Waals surface area contributed by atoms with Crippen molar-refractivity contribution in [3.05, 3.63) is 0 Å². The van der Waals surface area contributed by atoms with Crippen molar-refractivity contribution >= 4 is 0 Å². The topological polar surface area (TPSA) is 0 Å². The maximum absolute atomic E-state index is 2.46. The Morgan fingerprint density at radius 1 is 0.176 bits per heavy atom. The lowest BCUT2D eigenvalue weighted by atomic mass is 9.62. The zero-order valence-electron chi connectivity index (χ0n) is 51.4. The van der Waals surface area contributed by atoms with Gasteiger partial charge in [-0.05, 0) is 266 Å². The molecule has 8 rings (SSSR count). The predicted octanol–water partition coefficient (Wildman–Crippen LogP) is 22.1. The summed E-state index contributed by atoms with van der Waals surface area (Å²) in [6.45, 7) is 58.7. The molecule has 0 heteroatoms. The SMILES string of the molecule is CC(C)(C)C1CCC2C(CCC2C(C)(C)C)C1.CC(C)(C)C1CCC2CC(C(C)(C)C)CC2C1.CC(C)(C)C1CCC2CC(C(C)(C)C)CC2C1.CC(C)(C)C1CCC2CCC(C(C)(C)C)C2C1. The third kappa shape index (κ3) is 15.5. The summed E-state index contributed by atoms with van der Waals surface area (Å²) in [5.74, 6) is 16.3. The molecule has 0 aromatic rings. The molecule has 8 aliphatic carbocycles. The van der Waals surface area contributed by atoms with Crippen LogP contribution in [0.4, 0.5) is 0 Å². The van der Waals surface area contributed by atoms with Crippen molar-refractivity contribution in [3.8, 4) is 0 Å². The Labute approximate surface area is 430 Å². The summed E-state index contributed by atoms with van der Waals surface area (Å²) >= 11 is 0. The largest absolute Gasteiger partial charge is 0.0599 e. The zero-order valence-corrected chi connectivity index (χ0v) is 51.4. The average Bonchev–Trinajstić information content (AvgIpc) is 3.99. The van der Waals surface area contributed by atoms with Gasteiger partial charge >= 0.3 is 0 Å². The quantitative estimate of drug-likeness (QED) is 0.227. The summed E-state index contributed by atoms with van der Waals surface area (Å²) in [5.41, 5.74) is 4.26. The third-order valence-corrected chi connectivity index (χ3v) is 23.0. The Morgan fingerprint density at radius 2 is 0.426 bits per heavy atom.